The maximum absolute atomic E-state index is 15.6. The van der Waals surface area contributed by atoms with Crippen molar-refractivity contribution in [1.29, 1.82) is 0 Å². The van der Waals surface area contributed by atoms with E-state index >= 15 is 8.78 Å². The minimum absolute atomic E-state index is 0.0220. The number of hydrogen-bond donors (Lipinski definition) is 3. The highest BCUT2D eigenvalue weighted by atomic mass is 32.1. The van der Waals surface area contributed by atoms with Crippen LogP contribution in [0.5, 0.6) is 23.0 Å². The van der Waals surface area contributed by atoms with Crippen LogP contribution in [-0.2, 0) is 9.59 Å². The summed E-state index contributed by atoms with van der Waals surface area (Å²) in [5, 5.41) is 29.6. The number of aliphatic hydroxyl groups excluding tert-OH is 1. The average molecular weight is 679 g/mol. The van der Waals surface area contributed by atoms with E-state index in [-0.39, 0.29) is 64.7 Å². The first-order valence-electron chi connectivity index (χ1n) is 14.5. The smallest absolute Gasteiger partial charge is 0.306 e. The Labute approximate surface area is 270 Å². The highest BCUT2D eigenvalue weighted by molar-refractivity contribution is 7.21. The highest BCUT2D eigenvalue weighted by Gasteiger charge is 2.42. The number of carboxylic acids is 2. The number of fused-ring (bicyclic) bond motifs is 2. The zero-order chi connectivity index (χ0) is 33.3. The van der Waals surface area contributed by atoms with E-state index in [1.807, 2.05) is 0 Å². The topological polar surface area (TPSA) is 149 Å². The molecule has 1 unspecified atom stereocenters. The fourth-order valence-corrected chi connectivity index (χ4v) is 7.55. The molecular weight excluding hydrogens is 646 g/mol. The van der Waals surface area contributed by atoms with Crippen LogP contribution in [0.25, 0.3) is 20.2 Å². The molecule has 246 valence electrons. The second-order valence-corrected chi connectivity index (χ2v) is 13.3. The van der Waals surface area contributed by atoms with Crippen LogP contribution in [0.1, 0.15) is 53.3 Å². The van der Waals surface area contributed by atoms with Gasteiger partial charge in [-0.3, -0.25) is 14.4 Å². The van der Waals surface area contributed by atoms with E-state index in [1.165, 1.54) is 33.3 Å². The molecule has 0 radical (unpaired) electrons. The molecule has 4 aromatic rings. The lowest BCUT2D eigenvalue weighted by Crippen LogP contribution is -2.36. The number of aliphatic carboxylic acids is 2. The highest BCUT2D eigenvalue weighted by Crippen LogP contribution is 2.47. The molecule has 2 aromatic heterocycles. The van der Waals surface area contributed by atoms with Crippen molar-refractivity contribution in [2.45, 2.75) is 38.7 Å². The lowest BCUT2D eigenvalue weighted by Gasteiger charge is -2.36. The van der Waals surface area contributed by atoms with Gasteiger partial charge in [0.1, 0.15) is 0 Å². The fraction of sp³-hybridized carbons (Fsp3) is 0.406. The minimum atomic E-state index is -1.10. The van der Waals surface area contributed by atoms with Crippen LogP contribution < -0.4 is 18.9 Å². The number of methoxy groups -OCH3 is 2. The summed E-state index contributed by atoms with van der Waals surface area (Å²) in [6.45, 7) is 1.37. The maximum Gasteiger partial charge on any atom is 0.306 e. The van der Waals surface area contributed by atoms with E-state index in [4.69, 9.17) is 24.1 Å². The Kier molecular flexibility index (Phi) is 9.99. The van der Waals surface area contributed by atoms with Crippen molar-refractivity contribution < 1.29 is 57.4 Å². The number of ether oxygens (including phenoxy) is 4. The minimum Gasteiger partial charge on any atom is -0.493 e. The SMILES string of the molecule is COc1cc2sc(C(=O)C[C@H](C)C(=O)O)cc2c(F)c1OCCCOc1c(OC)cc2sc(C(O)[C@@H]3CC[C@H]3C(=O)O)cc2c1F. The third-order valence-electron chi connectivity index (χ3n) is 8.14. The van der Waals surface area contributed by atoms with E-state index in [1.54, 1.807) is 12.1 Å². The number of carboxylic acid groups (broad SMARTS) is 2. The first-order valence-corrected chi connectivity index (χ1v) is 16.1. The first-order chi connectivity index (χ1) is 21.9. The summed E-state index contributed by atoms with van der Waals surface area (Å²) < 4.78 is 54.1. The predicted octanol–water partition coefficient (Wildman–Crippen LogP) is 6.70. The number of aliphatic hydroxyl groups is 1. The number of hydrogen-bond acceptors (Lipinski definition) is 10. The normalized spacial score (nSPS) is 17.3. The van der Waals surface area contributed by atoms with Gasteiger partial charge in [-0.05, 0) is 25.0 Å². The maximum atomic E-state index is 15.6. The summed E-state index contributed by atoms with van der Waals surface area (Å²) in [5.74, 6) is -5.90. The average Bonchev–Trinajstić information content (AvgIpc) is 3.63. The van der Waals surface area contributed by atoms with Crippen molar-refractivity contribution in [1.82, 2.24) is 0 Å². The Hall–Kier alpha value is -4.01. The third-order valence-corrected chi connectivity index (χ3v) is 10.4. The van der Waals surface area contributed by atoms with Gasteiger partial charge in [-0.25, -0.2) is 8.78 Å². The molecule has 0 amide bonds. The molecule has 3 N–H and O–H groups in total. The summed E-state index contributed by atoms with van der Waals surface area (Å²) in [7, 11) is 2.72. The summed E-state index contributed by atoms with van der Waals surface area (Å²) in [4.78, 5) is 35.8. The van der Waals surface area contributed by atoms with Gasteiger partial charge in [0.25, 0.3) is 0 Å². The Morgan fingerprint density at radius 2 is 1.46 bits per heavy atom. The van der Waals surface area contributed by atoms with Gasteiger partial charge in [0, 0.05) is 55.9 Å². The van der Waals surface area contributed by atoms with Gasteiger partial charge < -0.3 is 34.3 Å². The van der Waals surface area contributed by atoms with Crippen LogP contribution in [0.2, 0.25) is 0 Å². The zero-order valence-electron chi connectivity index (χ0n) is 25.1. The summed E-state index contributed by atoms with van der Waals surface area (Å²) in [6, 6.07) is 6.02. The molecule has 46 heavy (non-hydrogen) atoms. The van der Waals surface area contributed by atoms with Crippen molar-refractivity contribution in [2.75, 3.05) is 27.4 Å². The number of halogens is 2. The monoisotopic (exact) mass is 678 g/mol. The molecule has 0 aliphatic heterocycles. The number of Topliss-reactive ketones (excluding diaryl/α,β-unsaturated/α-hetero) is 1. The quantitative estimate of drug-likeness (QED) is 0.0917. The molecule has 0 saturated heterocycles. The molecule has 1 saturated carbocycles. The molecule has 4 atom stereocenters. The molecule has 14 heteroatoms. The Balaban J connectivity index is 1.25. The van der Waals surface area contributed by atoms with Gasteiger partial charge >= 0.3 is 11.9 Å². The van der Waals surface area contributed by atoms with Crippen LogP contribution >= 0.6 is 22.7 Å². The zero-order valence-corrected chi connectivity index (χ0v) is 26.8. The van der Waals surface area contributed by atoms with Gasteiger partial charge in [-0.1, -0.05) is 6.92 Å². The van der Waals surface area contributed by atoms with Crippen molar-refractivity contribution in [3.05, 3.63) is 45.7 Å². The lowest BCUT2D eigenvalue weighted by molar-refractivity contribution is -0.151. The van der Waals surface area contributed by atoms with E-state index < -0.39 is 53.2 Å². The van der Waals surface area contributed by atoms with Crippen LogP contribution in [0.15, 0.2) is 24.3 Å². The molecule has 2 aromatic carbocycles. The van der Waals surface area contributed by atoms with Gasteiger partial charge in [-0.15, -0.1) is 22.7 Å². The Morgan fingerprint density at radius 3 is 1.96 bits per heavy atom. The molecular formula is C32H32F2O10S2. The van der Waals surface area contributed by atoms with Gasteiger partial charge in [-0.2, -0.15) is 0 Å². The summed E-state index contributed by atoms with van der Waals surface area (Å²) in [5.41, 5.74) is 0. The lowest BCUT2D eigenvalue weighted by atomic mass is 9.70. The van der Waals surface area contributed by atoms with Crippen LogP contribution in [0, 0.1) is 29.4 Å². The van der Waals surface area contributed by atoms with Gasteiger partial charge in [0.2, 0.25) is 0 Å². The van der Waals surface area contributed by atoms with Crippen molar-refractivity contribution >= 4 is 60.6 Å². The number of thiophene rings is 2. The molecule has 1 aliphatic carbocycles. The second kappa shape index (κ2) is 13.8. The van der Waals surface area contributed by atoms with E-state index in [2.05, 4.69) is 0 Å². The van der Waals surface area contributed by atoms with Crippen molar-refractivity contribution in [2.24, 2.45) is 17.8 Å². The van der Waals surface area contributed by atoms with Crippen molar-refractivity contribution in [3.8, 4) is 23.0 Å². The van der Waals surface area contributed by atoms with Crippen LogP contribution in [0.4, 0.5) is 8.78 Å². The van der Waals surface area contributed by atoms with E-state index in [9.17, 15) is 24.6 Å². The van der Waals surface area contributed by atoms with Crippen LogP contribution in [-0.4, -0.2) is 60.5 Å². The van der Waals surface area contributed by atoms with Crippen LogP contribution in [0.3, 0.4) is 0 Å². The van der Waals surface area contributed by atoms with Crippen molar-refractivity contribution in [3.63, 3.8) is 0 Å². The number of carbonyl (C=O) groups excluding carboxylic acids is 1. The van der Waals surface area contributed by atoms with E-state index in [0.717, 1.165) is 22.7 Å². The standard InChI is InChI=1S/C32H32F2O10S2/c1-14(31(37)38)9-19(35)24-10-17-22(45-24)12-20(41-2)29(26(17)33)43-7-4-8-44-30-21(42-3)13-23-18(27(30)34)11-25(46-23)28(36)15-5-6-16(15)32(39)40/h10-16,28,36H,4-9H2,1-3H3,(H,37,38)(H,39,40)/t14-,15+,16+,28?/m0/s1. The summed E-state index contributed by atoms with van der Waals surface area (Å²) in [6.07, 6.45) is 0.0304. The Bertz CT molecular complexity index is 1800. The molecule has 5 rings (SSSR count). The molecule has 2 heterocycles. The third kappa shape index (κ3) is 6.46. The first kappa shape index (κ1) is 33.4. The number of ketones is 1. The van der Waals surface area contributed by atoms with Gasteiger partial charge in [0.05, 0.1) is 50.3 Å². The number of benzene rings is 2. The van der Waals surface area contributed by atoms with Gasteiger partial charge in [0.15, 0.2) is 40.4 Å². The summed E-state index contributed by atoms with van der Waals surface area (Å²) >= 11 is 2.20. The second-order valence-electron chi connectivity index (χ2n) is 11.1. The number of carbonyl (C=O) groups is 3. The molecule has 1 fully saturated rings. The van der Waals surface area contributed by atoms with E-state index in [0.29, 0.717) is 27.1 Å². The molecule has 0 bridgehead atoms. The number of rotatable bonds is 15. The molecule has 10 nitrogen and oxygen atoms in total. The molecule has 0 spiro atoms. The predicted molar refractivity (Wildman–Crippen MR) is 167 cm³/mol. The fourth-order valence-electron chi connectivity index (χ4n) is 5.37. The Morgan fingerprint density at radius 1 is 0.891 bits per heavy atom. The molecule has 1 aliphatic rings. The largest absolute Gasteiger partial charge is 0.493 e.